The van der Waals surface area contributed by atoms with E-state index in [4.69, 9.17) is 4.74 Å². The molecular formula is C22H20NO3-. The SMILES string of the molecule is C=CCOc1ccccc1[C@H]1Nc2ccc(C(=O)[O-])cc2[C@H]2C=CC[C@@H]21. The number of carboxylic acids is 1. The topological polar surface area (TPSA) is 61.4 Å². The lowest BCUT2D eigenvalue weighted by Gasteiger charge is -2.38. The fourth-order valence-corrected chi connectivity index (χ4v) is 4.05. The van der Waals surface area contributed by atoms with Crippen LogP contribution in [0.3, 0.4) is 0 Å². The molecule has 2 aromatic carbocycles. The van der Waals surface area contributed by atoms with Gasteiger partial charge < -0.3 is 20.0 Å². The van der Waals surface area contributed by atoms with E-state index in [-0.39, 0.29) is 17.5 Å². The van der Waals surface area contributed by atoms with Crippen molar-refractivity contribution in [3.8, 4) is 5.75 Å². The average Bonchev–Trinajstić information content (AvgIpc) is 3.15. The van der Waals surface area contributed by atoms with Crippen LogP contribution in [0.2, 0.25) is 0 Å². The monoisotopic (exact) mass is 346 g/mol. The predicted octanol–water partition coefficient (Wildman–Crippen LogP) is 3.44. The fraction of sp³-hybridized carbons (Fsp3) is 0.227. The molecule has 1 aliphatic carbocycles. The van der Waals surface area contributed by atoms with Crippen molar-refractivity contribution < 1.29 is 14.6 Å². The van der Waals surface area contributed by atoms with Crippen LogP contribution in [0.25, 0.3) is 0 Å². The Hall–Kier alpha value is -3.01. The Morgan fingerprint density at radius 2 is 2.12 bits per heavy atom. The molecule has 4 rings (SSSR count). The summed E-state index contributed by atoms with van der Waals surface area (Å²) in [5, 5.41) is 14.8. The number of hydrogen-bond donors (Lipinski definition) is 1. The van der Waals surface area contributed by atoms with E-state index in [0.29, 0.717) is 12.5 Å². The number of allylic oxidation sites excluding steroid dienone is 2. The van der Waals surface area contributed by atoms with Gasteiger partial charge in [-0.1, -0.05) is 49.1 Å². The first kappa shape index (κ1) is 16.5. The van der Waals surface area contributed by atoms with Crippen molar-refractivity contribution in [1.29, 1.82) is 0 Å². The Morgan fingerprint density at radius 1 is 1.27 bits per heavy atom. The van der Waals surface area contributed by atoms with Gasteiger partial charge in [0.15, 0.2) is 0 Å². The van der Waals surface area contributed by atoms with Crippen LogP contribution in [0.15, 0.2) is 67.3 Å². The highest BCUT2D eigenvalue weighted by Crippen LogP contribution is 2.51. The first-order valence-electron chi connectivity index (χ1n) is 8.80. The van der Waals surface area contributed by atoms with E-state index < -0.39 is 5.97 Å². The van der Waals surface area contributed by atoms with E-state index in [2.05, 4.69) is 30.1 Å². The molecule has 0 amide bonds. The van der Waals surface area contributed by atoms with Crippen LogP contribution in [-0.4, -0.2) is 12.6 Å². The molecule has 2 aromatic rings. The Balaban J connectivity index is 1.75. The van der Waals surface area contributed by atoms with Gasteiger partial charge in [-0.2, -0.15) is 0 Å². The third-order valence-corrected chi connectivity index (χ3v) is 5.21. The number of rotatable bonds is 5. The van der Waals surface area contributed by atoms with Crippen molar-refractivity contribution in [2.45, 2.75) is 18.4 Å². The summed E-state index contributed by atoms with van der Waals surface area (Å²) in [5.41, 5.74) is 3.32. The number of aromatic carboxylic acids is 1. The summed E-state index contributed by atoms with van der Waals surface area (Å²) in [6.07, 6.45) is 7.04. The zero-order valence-corrected chi connectivity index (χ0v) is 14.4. The van der Waals surface area contributed by atoms with E-state index in [1.165, 1.54) is 0 Å². The fourth-order valence-electron chi connectivity index (χ4n) is 4.05. The number of nitrogens with one attached hydrogen (secondary N) is 1. The second-order valence-electron chi connectivity index (χ2n) is 6.70. The molecule has 26 heavy (non-hydrogen) atoms. The van der Waals surface area contributed by atoms with Gasteiger partial charge in [0.2, 0.25) is 0 Å². The predicted molar refractivity (Wildman–Crippen MR) is 99.3 cm³/mol. The number of carbonyl (C=O) groups is 1. The Labute approximate surface area is 152 Å². The lowest BCUT2D eigenvalue weighted by Crippen LogP contribution is -2.30. The van der Waals surface area contributed by atoms with Crippen molar-refractivity contribution in [2.75, 3.05) is 11.9 Å². The van der Waals surface area contributed by atoms with Gasteiger partial charge in [0.05, 0.1) is 12.0 Å². The maximum atomic E-state index is 11.2. The van der Waals surface area contributed by atoms with E-state index in [1.54, 1.807) is 18.2 Å². The summed E-state index contributed by atoms with van der Waals surface area (Å²) in [6.45, 7) is 4.18. The minimum atomic E-state index is -1.14. The van der Waals surface area contributed by atoms with Crippen LogP contribution in [0.1, 0.15) is 39.9 Å². The van der Waals surface area contributed by atoms with E-state index in [0.717, 1.165) is 29.0 Å². The number of hydrogen-bond acceptors (Lipinski definition) is 4. The number of anilines is 1. The molecule has 1 aliphatic heterocycles. The molecule has 0 saturated carbocycles. The summed E-state index contributed by atoms with van der Waals surface area (Å²) in [5.74, 6) is 0.206. The molecule has 0 bridgehead atoms. The number of carboxylic acid groups (broad SMARTS) is 1. The smallest absolute Gasteiger partial charge is 0.125 e. The first-order chi connectivity index (χ1) is 12.7. The van der Waals surface area contributed by atoms with Crippen LogP contribution in [-0.2, 0) is 0 Å². The van der Waals surface area contributed by atoms with E-state index in [1.807, 2.05) is 24.3 Å². The molecule has 4 nitrogen and oxygen atoms in total. The van der Waals surface area contributed by atoms with Gasteiger partial charge in [0.1, 0.15) is 12.4 Å². The third-order valence-electron chi connectivity index (χ3n) is 5.21. The normalized spacial score (nSPS) is 22.8. The summed E-state index contributed by atoms with van der Waals surface area (Å²) >= 11 is 0. The minimum absolute atomic E-state index is 0.0947. The van der Waals surface area contributed by atoms with Gasteiger partial charge in [0.25, 0.3) is 0 Å². The largest absolute Gasteiger partial charge is 0.545 e. The number of benzene rings is 2. The summed E-state index contributed by atoms with van der Waals surface area (Å²) in [6, 6.07) is 13.3. The maximum absolute atomic E-state index is 11.2. The summed E-state index contributed by atoms with van der Waals surface area (Å²) in [7, 11) is 0. The molecule has 0 fully saturated rings. The molecule has 0 spiro atoms. The van der Waals surface area contributed by atoms with Gasteiger partial charge in [0, 0.05) is 17.2 Å². The zero-order chi connectivity index (χ0) is 18.1. The molecule has 0 radical (unpaired) electrons. The number of carbonyl (C=O) groups excluding carboxylic acids is 1. The average molecular weight is 346 g/mol. The van der Waals surface area contributed by atoms with Gasteiger partial charge in [-0.25, -0.2) is 0 Å². The van der Waals surface area contributed by atoms with Crippen LogP contribution >= 0.6 is 0 Å². The molecule has 2 aliphatic rings. The molecule has 132 valence electrons. The van der Waals surface area contributed by atoms with Crippen LogP contribution in [0.5, 0.6) is 5.75 Å². The van der Waals surface area contributed by atoms with Crippen molar-refractivity contribution >= 4 is 11.7 Å². The number of fused-ring (bicyclic) bond motifs is 3. The quantitative estimate of drug-likeness (QED) is 0.843. The highest BCUT2D eigenvalue weighted by atomic mass is 16.5. The summed E-state index contributed by atoms with van der Waals surface area (Å²) in [4.78, 5) is 11.2. The minimum Gasteiger partial charge on any atom is -0.545 e. The molecule has 1 N–H and O–H groups in total. The molecule has 1 heterocycles. The highest BCUT2D eigenvalue weighted by molar-refractivity contribution is 5.87. The Bertz CT molecular complexity index is 887. The van der Waals surface area contributed by atoms with Crippen LogP contribution in [0.4, 0.5) is 5.69 Å². The van der Waals surface area contributed by atoms with Gasteiger partial charge in [-0.3, -0.25) is 0 Å². The molecule has 0 unspecified atom stereocenters. The van der Waals surface area contributed by atoms with Crippen molar-refractivity contribution in [1.82, 2.24) is 0 Å². The van der Waals surface area contributed by atoms with E-state index >= 15 is 0 Å². The molecule has 4 heteroatoms. The Morgan fingerprint density at radius 3 is 2.92 bits per heavy atom. The van der Waals surface area contributed by atoms with Crippen molar-refractivity contribution in [3.05, 3.63) is 84.0 Å². The second-order valence-corrected chi connectivity index (χ2v) is 6.70. The third kappa shape index (κ3) is 2.77. The number of para-hydroxylation sites is 1. The van der Waals surface area contributed by atoms with Crippen molar-refractivity contribution in [3.63, 3.8) is 0 Å². The standard InChI is InChI=1S/C22H21NO3/c1-2-12-26-20-9-4-3-6-17(20)21-16-8-5-7-15(16)18-13-14(22(24)25)10-11-19(18)23-21/h2-7,9-11,13,15-16,21,23H,1,8,12H2,(H,24,25)/p-1/t15-,16-,21-/m0/s1. The van der Waals surface area contributed by atoms with Gasteiger partial charge in [-0.05, 0) is 41.7 Å². The molecule has 3 atom stereocenters. The number of ether oxygens (including phenoxy) is 1. The molecule has 0 aromatic heterocycles. The first-order valence-corrected chi connectivity index (χ1v) is 8.80. The van der Waals surface area contributed by atoms with E-state index in [9.17, 15) is 9.90 Å². The molecular weight excluding hydrogens is 326 g/mol. The second kappa shape index (κ2) is 6.71. The van der Waals surface area contributed by atoms with Crippen LogP contribution in [0, 0.1) is 5.92 Å². The molecule has 0 saturated heterocycles. The highest BCUT2D eigenvalue weighted by Gasteiger charge is 2.39. The van der Waals surface area contributed by atoms with Gasteiger partial charge in [-0.15, -0.1) is 0 Å². The van der Waals surface area contributed by atoms with Crippen molar-refractivity contribution in [2.24, 2.45) is 5.92 Å². The van der Waals surface area contributed by atoms with Gasteiger partial charge >= 0.3 is 0 Å². The lowest BCUT2D eigenvalue weighted by atomic mass is 9.76. The lowest BCUT2D eigenvalue weighted by molar-refractivity contribution is -0.255. The van der Waals surface area contributed by atoms with Crippen LogP contribution < -0.4 is 15.2 Å². The summed E-state index contributed by atoms with van der Waals surface area (Å²) < 4.78 is 5.86. The Kier molecular flexibility index (Phi) is 4.25. The zero-order valence-electron chi connectivity index (χ0n) is 14.4. The maximum Gasteiger partial charge on any atom is 0.125 e.